The van der Waals surface area contributed by atoms with Crippen LogP contribution >= 0.6 is 0 Å². The van der Waals surface area contributed by atoms with Gasteiger partial charge in [0.05, 0.1) is 17.7 Å². The summed E-state index contributed by atoms with van der Waals surface area (Å²) in [6.07, 6.45) is 1.15. The Morgan fingerprint density at radius 2 is 1.71 bits per heavy atom. The Bertz CT molecular complexity index is 1240. The summed E-state index contributed by atoms with van der Waals surface area (Å²) in [4.78, 5) is 2.30. The number of hydrogen-bond donors (Lipinski definition) is 0. The minimum Gasteiger partial charge on any atom is -0.497 e. The molecule has 0 spiro atoms. The molecule has 0 aliphatic carbocycles. The fourth-order valence-corrected chi connectivity index (χ4v) is 6.02. The topological polar surface area (TPSA) is 49.9 Å². The van der Waals surface area contributed by atoms with Crippen LogP contribution in [0.25, 0.3) is 0 Å². The average Bonchev–Trinajstić information content (AvgIpc) is 2.82. The second kappa shape index (κ2) is 10.1. The number of benzene rings is 3. The van der Waals surface area contributed by atoms with Crippen molar-refractivity contribution in [3.8, 4) is 5.75 Å². The first-order valence-electron chi connectivity index (χ1n) is 11.2. The lowest BCUT2D eigenvalue weighted by Gasteiger charge is -2.39. The number of ether oxygens (including phenoxy) is 1. The van der Waals surface area contributed by atoms with E-state index in [0.29, 0.717) is 49.5 Å². The number of likely N-dealkylation sites (tertiary alicyclic amines) is 1. The van der Waals surface area contributed by atoms with Crippen LogP contribution in [0.2, 0.25) is 0 Å². The fourth-order valence-electron chi connectivity index (χ4n) is 4.32. The van der Waals surface area contributed by atoms with Crippen LogP contribution in [-0.4, -0.2) is 39.6 Å². The maximum Gasteiger partial charge on any atom is 0.264 e. The average molecular weight is 487 g/mol. The van der Waals surface area contributed by atoms with E-state index in [-0.39, 0.29) is 10.9 Å². The van der Waals surface area contributed by atoms with Crippen LogP contribution in [0.4, 0.5) is 14.5 Å². The summed E-state index contributed by atoms with van der Waals surface area (Å²) in [6.45, 7) is 3.44. The molecule has 0 unspecified atom stereocenters. The van der Waals surface area contributed by atoms with Crippen molar-refractivity contribution in [2.75, 3.05) is 24.5 Å². The lowest BCUT2D eigenvalue weighted by atomic mass is 10.0. The highest BCUT2D eigenvalue weighted by Crippen LogP contribution is 2.33. The molecule has 0 saturated carbocycles. The maximum atomic E-state index is 14.1. The predicted molar refractivity (Wildman–Crippen MR) is 128 cm³/mol. The molecular weight excluding hydrogens is 458 g/mol. The van der Waals surface area contributed by atoms with Crippen molar-refractivity contribution in [1.82, 2.24) is 4.90 Å². The molecule has 1 saturated heterocycles. The van der Waals surface area contributed by atoms with Gasteiger partial charge in [-0.3, -0.25) is 9.21 Å². The molecule has 8 heteroatoms. The first-order chi connectivity index (χ1) is 16.3. The Morgan fingerprint density at radius 3 is 2.35 bits per heavy atom. The van der Waals surface area contributed by atoms with Crippen molar-refractivity contribution in [2.45, 2.75) is 37.2 Å². The smallest absolute Gasteiger partial charge is 0.264 e. The minimum atomic E-state index is -3.83. The highest BCUT2D eigenvalue weighted by atomic mass is 32.2. The van der Waals surface area contributed by atoms with Crippen LogP contribution in [0, 0.1) is 18.6 Å². The quantitative estimate of drug-likeness (QED) is 0.464. The van der Waals surface area contributed by atoms with Gasteiger partial charge < -0.3 is 4.74 Å². The molecule has 5 nitrogen and oxygen atoms in total. The van der Waals surface area contributed by atoms with Gasteiger partial charge >= 0.3 is 0 Å². The maximum absolute atomic E-state index is 14.1. The zero-order valence-electron chi connectivity index (χ0n) is 19.2. The van der Waals surface area contributed by atoms with E-state index in [1.807, 2.05) is 6.92 Å². The first-order valence-corrected chi connectivity index (χ1v) is 12.6. The molecule has 1 heterocycles. The third-order valence-electron chi connectivity index (χ3n) is 6.18. The Hall–Kier alpha value is -2.97. The highest BCUT2D eigenvalue weighted by molar-refractivity contribution is 7.92. The third kappa shape index (κ3) is 5.23. The van der Waals surface area contributed by atoms with Crippen molar-refractivity contribution >= 4 is 15.7 Å². The molecule has 0 amide bonds. The van der Waals surface area contributed by atoms with E-state index in [1.165, 1.54) is 16.4 Å². The third-order valence-corrected chi connectivity index (χ3v) is 8.08. The Morgan fingerprint density at radius 1 is 1.00 bits per heavy atom. The molecule has 0 bridgehead atoms. The van der Waals surface area contributed by atoms with E-state index in [0.717, 1.165) is 11.6 Å². The summed E-state index contributed by atoms with van der Waals surface area (Å²) in [5.41, 5.74) is 1.95. The lowest BCUT2D eigenvalue weighted by Crippen LogP contribution is -2.47. The van der Waals surface area contributed by atoms with E-state index >= 15 is 0 Å². The molecule has 0 aromatic heterocycles. The van der Waals surface area contributed by atoms with E-state index in [9.17, 15) is 17.2 Å². The lowest BCUT2D eigenvalue weighted by molar-refractivity contribution is 0.204. The van der Waals surface area contributed by atoms with Gasteiger partial charge in [-0.1, -0.05) is 29.8 Å². The van der Waals surface area contributed by atoms with Gasteiger partial charge in [0.1, 0.15) is 17.4 Å². The summed E-state index contributed by atoms with van der Waals surface area (Å²) >= 11 is 0. The predicted octanol–water partition coefficient (Wildman–Crippen LogP) is 5.14. The number of anilines is 1. The van der Waals surface area contributed by atoms with Crippen LogP contribution in [0.5, 0.6) is 5.75 Å². The number of sulfonamides is 1. The van der Waals surface area contributed by atoms with Gasteiger partial charge in [-0.2, -0.15) is 0 Å². The molecule has 0 N–H and O–H groups in total. The van der Waals surface area contributed by atoms with Crippen molar-refractivity contribution in [2.24, 2.45) is 0 Å². The molecule has 3 aromatic rings. The number of halogens is 2. The minimum absolute atomic E-state index is 0.233. The second-order valence-electron chi connectivity index (χ2n) is 8.56. The van der Waals surface area contributed by atoms with E-state index in [4.69, 9.17) is 4.74 Å². The number of nitrogens with zero attached hydrogens (tertiary/aromatic N) is 2. The van der Waals surface area contributed by atoms with Gasteiger partial charge in [0, 0.05) is 43.4 Å². The monoisotopic (exact) mass is 486 g/mol. The molecule has 0 radical (unpaired) electrons. The van der Waals surface area contributed by atoms with Crippen LogP contribution in [0.15, 0.2) is 71.6 Å². The van der Waals surface area contributed by atoms with Gasteiger partial charge in [-0.15, -0.1) is 0 Å². The van der Waals surface area contributed by atoms with Crippen LogP contribution in [0.1, 0.15) is 24.0 Å². The fraction of sp³-hybridized carbons (Fsp3) is 0.308. The van der Waals surface area contributed by atoms with E-state index < -0.39 is 21.7 Å². The molecule has 3 aromatic carbocycles. The standard InChI is InChI=1S/C26H28F2N2O3S/c1-19-6-10-25(11-7-19)34(31,32)30(23-4-3-5-24(17-23)33-2)22-12-14-29(15-13-22)18-20-8-9-21(27)16-26(20)28/h3-11,16-17,22H,12-15,18H2,1-2H3. The van der Waals surface area contributed by atoms with Crippen molar-refractivity contribution in [1.29, 1.82) is 0 Å². The Labute approximate surface area is 199 Å². The molecule has 34 heavy (non-hydrogen) atoms. The number of hydrogen-bond acceptors (Lipinski definition) is 4. The van der Waals surface area contributed by atoms with Crippen LogP contribution < -0.4 is 9.04 Å². The number of rotatable bonds is 7. The number of aryl methyl sites for hydroxylation is 1. The second-order valence-corrected chi connectivity index (χ2v) is 10.4. The normalized spacial score (nSPS) is 15.3. The van der Waals surface area contributed by atoms with E-state index in [2.05, 4.69) is 4.90 Å². The molecule has 4 rings (SSSR count). The molecule has 180 valence electrons. The van der Waals surface area contributed by atoms with Gasteiger partial charge in [-0.25, -0.2) is 17.2 Å². The molecule has 0 atom stereocenters. The first kappa shape index (κ1) is 24.2. The summed E-state index contributed by atoms with van der Waals surface area (Å²) in [5, 5.41) is 0. The molecule has 1 aliphatic rings. The summed E-state index contributed by atoms with van der Waals surface area (Å²) in [6, 6.07) is 17.2. The van der Waals surface area contributed by atoms with Crippen molar-refractivity contribution in [3.63, 3.8) is 0 Å². The van der Waals surface area contributed by atoms with E-state index in [1.54, 1.807) is 55.6 Å². The molecule has 1 fully saturated rings. The SMILES string of the molecule is COc1cccc(N(C2CCN(Cc3ccc(F)cc3F)CC2)S(=O)(=O)c2ccc(C)cc2)c1. The van der Waals surface area contributed by atoms with Gasteiger partial charge in [0.25, 0.3) is 10.0 Å². The highest BCUT2D eigenvalue weighted by Gasteiger charge is 2.34. The number of methoxy groups -OCH3 is 1. The van der Waals surface area contributed by atoms with Gasteiger partial charge in [0.2, 0.25) is 0 Å². The van der Waals surface area contributed by atoms with Gasteiger partial charge in [-0.05, 0) is 50.1 Å². The summed E-state index contributed by atoms with van der Waals surface area (Å²) in [5.74, 6) is -0.594. The Kier molecular flexibility index (Phi) is 7.19. The van der Waals surface area contributed by atoms with Crippen LogP contribution in [0.3, 0.4) is 0 Å². The Balaban J connectivity index is 1.59. The summed E-state index contributed by atoms with van der Waals surface area (Å²) < 4.78 is 61.7. The largest absolute Gasteiger partial charge is 0.497 e. The molecule has 1 aliphatic heterocycles. The van der Waals surface area contributed by atoms with Gasteiger partial charge in [0.15, 0.2) is 0 Å². The zero-order chi connectivity index (χ0) is 24.3. The number of piperidine rings is 1. The van der Waals surface area contributed by atoms with Crippen LogP contribution in [-0.2, 0) is 16.6 Å². The van der Waals surface area contributed by atoms with Crippen molar-refractivity contribution < 1.29 is 21.9 Å². The van der Waals surface area contributed by atoms with Crippen molar-refractivity contribution in [3.05, 3.63) is 89.5 Å². The zero-order valence-corrected chi connectivity index (χ0v) is 20.1. The molecular formula is C26H28F2N2O3S. The summed E-state index contributed by atoms with van der Waals surface area (Å²) in [7, 11) is -2.28.